The number of benzene rings is 1. The number of rotatable bonds is 3. The van der Waals surface area contributed by atoms with E-state index in [1.165, 1.54) is 4.88 Å². The molecule has 0 saturated carbocycles. The summed E-state index contributed by atoms with van der Waals surface area (Å²) in [6, 6.07) is 5.45. The predicted molar refractivity (Wildman–Crippen MR) is 126 cm³/mol. The number of carbonyl (C=O) groups is 1. The second kappa shape index (κ2) is 11.7. The number of ether oxygens (including phenoxy) is 1. The van der Waals surface area contributed by atoms with Gasteiger partial charge in [-0.15, -0.1) is 11.3 Å². The van der Waals surface area contributed by atoms with E-state index in [1.807, 2.05) is 18.5 Å². The van der Waals surface area contributed by atoms with E-state index in [4.69, 9.17) is 4.74 Å². The van der Waals surface area contributed by atoms with E-state index in [0.29, 0.717) is 24.3 Å². The van der Waals surface area contributed by atoms with Crippen LogP contribution in [-0.4, -0.2) is 76.9 Å². The van der Waals surface area contributed by atoms with Gasteiger partial charge in [0.1, 0.15) is 18.5 Å². The number of aryl methyl sites for hydroxylation is 2. The maximum absolute atomic E-state index is 12.4. The molecule has 32 heavy (non-hydrogen) atoms. The van der Waals surface area contributed by atoms with Gasteiger partial charge in [-0.1, -0.05) is 6.42 Å². The van der Waals surface area contributed by atoms with Gasteiger partial charge < -0.3 is 19.8 Å². The Bertz CT molecular complexity index is 886. The van der Waals surface area contributed by atoms with Gasteiger partial charge in [-0.2, -0.15) is 0 Å². The highest BCUT2D eigenvalue weighted by atomic mass is 32.1. The molecule has 0 unspecified atom stereocenters. The summed E-state index contributed by atoms with van der Waals surface area (Å²) < 4.78 is 5.88. The zero-order valence-corrected chi connectivity index (χ0v) is 20.1. The molecule has 2 atom stereocenters. The van der Waals surface area contributed by atoms with Crippen LogP contribution < -0.4 is 4.74 Å². The van der Waals surface area contributed by atoms with Crippen molar-refractivity contribution in [1.29, 1.82) is 0 Å². The fraction of sp³-hybridized carbons (Fsp3) is 0.583. The Morgan fingerprint density at radius 1 is 1.22 bits per heavy atom. The monoisotopic (exact) mass is 461 g/mol. The van der Waals surface area contributed by atoms with E-state index >= 15 is 0 Å². The first-order valence-corrected chi connectivity index (χ1v) is 12.2. The van der Waals surface area contributed by atoms with E-state index in [2.05, 4.69) is 9.88 Å². The Hall–Kier alpha value is -2.00. The standard InChI is InChI=1S/C24H35N3O4S/c1-17-23(32-16-25-17)14-27-11-6-4-5-7-18-13-19(24(30)26(2)3)8-9-22(18)31-15-21(29)20(28)10-12-27/h8-9,13,16,20-21,28-29H,4-7,10-12,14-15H2,1-3H3/t20-,21+/m0/s1. The van der Waals surface area contributed by atoms with Gasteiger partial charge in [0.05, 0.1) is 17.3 Å². The lowest BCUT2D eigenvalue weighted by Crippen LogP contribution is -2.36. The van der Waals surface area contributed by atoms with Crippen LogP contribution in [0.1, 0.15) is 52.2 Å². The SMILES string of the molecule is Cc1ncsc1CN1CCCCCc2cc(C(=O)N(C)C)ccc2OC[C@@H](O)[C@@H](O)CC1. The molecule has 0 bridgehead atoms. The van der Waals surface area contributed by atoms with Gasteiger partial charge >= 0.3 is 0 Å². The van der Waals surface area contributed by atoms with Crippen molar-refractivity contribution in [2.75, 3.05) is 33.8 Å². The van der Waals surface area contributed by atoms with Crippen molar-refractivity contribution in [3.05, 3.63) is 45.4 Å². The van der Waals surface area contributed by atoms with Gasteiger partial charge in [0.2, 0.25) is 0 Å². The molecular formula is C24H35N3O4S. The minimum absolute atomic E-state index is 0.0170. The first kappa shape index (κ1) is 24.6. The summed E-state index contributed by atoms with van der Waals surface area (Å²) in [7, 11) is 3.48. The molecule has 1 aromatic heterocycles. The van der Waals surface area contributed by atoms with Crippen LogP contribution in [0.5, 0.6) is 5.75 Å². The zero-order valence-electron chi connectivity index (χ0n) is 19.3. The van der Waals surface area contributed by atoms with Crippen molar-refractivity contribution in [2.24, 2.45) is 0 Å². The minimum atomic E-state index is -0.971. The molecule has 176 valence electrons. The molecule has 1 aliphatic heterocycles. The molecule has 1 aliphatic rings. The van der Waals surface area contributed by atoms with Crippen LogP contribution in [0.2, 0.25) is 0 Å². The Morgan fingerprint density at radius 2 is 2.03 bits per heavy atom. The third kappa shape index (κ3) is 6.75. The molecule has 2 aromatic rings. The molecule has 0 radical (unpaired) electrons. The number of thiazole rings is 1. The van der Waals surface area contributed by atoms with Crippen LogP contribution in [0, 0.1) is 6.92 Å². The molecule has 0 aliphatic carbocycles. The minimum Gasteiger partial charge on any atom is -0.491 e. The average Bonchev–Trinajstić information content (AvgIpc) is 3.18. The quantitative estimate of drug-likeness (QED) is 0.731. The fourth-order valence-corrected chi connectivity index (χ4v) is 4.70. The van der Waals surface area contributed by atoms with Gasteiger partial charge in [0.25, 0.3) is 5.91 Å². The van der Waals surface area contributed by atoms with Crippen LogP contribution in [0.3, 0.4) is 0 Å². The number of nitrogens with zero attached hydrogens (tertiary/aromatic N) is 3. The third-order valence-corrected chi connectivity index (χ3v) is 6.86. The van der Waals surface area contributed by atoms with Crippen LogP contribution >= 0.6 is 11.3 Å². The third-order valence-electron chi connectivity index (χ3n) is 5.94. The first-order chi connectivity index (χ1) is 15.3. The number of aliphatic hydroxyl groups is 2. The normalized spacial score (nSPS) is 21.3. The molecule has 1 amide bonds. The smallest absolute Gasteiger partial charge is 0.253 e. The lowest BCUT2D eigenvalue weighted by Gasteiger charge is -2.26. The molecule has 0 saturated heterocycles. The van der Waals surface area contributed by atoms with E-state index in [0.717, 1.165) is 50.0 Å². The van der Waals surface area contributed by atoms with E-state index < -0.39 is 12.2 Å². The van der Waals surface area contributed by atoms with Gasteiger partial charge in [-0.25, -0.2) is 4.98 Å². The number of carbonyl (C=O) groups excluding carboxylic acids is 1. The molecule has 0 fully saturated rings. The highest BCUT2D eigenvalue weighted by molar-refractivity contribution is 7.09. The van der Waals surface area contributed by atoms with Gasteiger partial charge in [-0.3, -0.25) is 9.69 Å². The summed E-state index contributed by atoms with van der Waals surface area (Å²) in [4.78, 5) is 21.9. The van der Waals surface area contributed by atoms with E-state index in [-0.39, 0.29) is 12.5 Å². The lowest BCUT2D eigenvalue weighted by atomic mass is 10.0. The maximum atomic E-state index is 12.4. The average molecular weight is 462 g/mol. The number of aromatic nitrogens is 1. The topological polar surface area (TPSA) is 86.1 Å². The molecule has 2 N–H and O–H groups in total. The summed E-state index contributed by atoms with van der Waals surface area (Å²) in [5.41, 5.74) is 4.53. The molecule has 0 spiro atoms. The Kier molecular flexibility index (Phi) is 9.04. The first-order valence-electron chi connectivity index (χ1n) is 11.3. The Morgan fingerprint density at radius 3 is 2.75 bits per heavy atom. The van der Waals surface area contributed by atoms with E-state index in [9.17, 15) is 15.0 Å². The largest absolute Gasteiger partial charge is 0.491 e. The highest BCUT2D eigenvalue weighted by Gasteiger charge is 2.21. The van der Waals surface area contributed by atoms with Crippen LogP contribution in [-0.2, 0) is 13.0 Å². The highest BCUT2D eigenvalue weighted by Crippen LogP contribution is 2.24. The Labute approximate surface area is 194 Å². The van der Waals surface area contributed by atoms with Crippen LogP contribution in [0.25, 0.3) is 0 Å². The molecule has 7 nitrogen and oxygen atoms in total. The summed E-state index contributed by atoms with van der Waals surface area (Å²) in [6.07, 6.45) is 2.55. The van der Waals surface area contributed by atoms with Crippen LogP contribution in [0.15, 0.2) is 23.7 Å². The molecule has 2 heterocycles. The number of aliphatic hydroxyl groups excluding tert-OH is 2. The van der Waals surface area contributed by atoms with Crippen molar-refractivity contribution in [3.8, 4) is 5.75 Å². The van der Waals surface area contributed by atoms with Gasteiger partial charge in [-0.05, 0) is 62.9 Å². The maximum Gasteiger partial charge on any atom is 0.253 e. The number of fused-ring (bicyclic) bond motifs is 1. The molecule has 1 aromatic carbocycles. The number of hydrogen-bond acceptors (Lipinski definition) is 7. The van der Waals surface area contributed by atoms with Gasteiger partial charge in [0, 0.05) is 37.6 Å². The van der Waals surface area contributed by atoms with Crippen molar-refractivity contribution in [3.63, 3.8) is 0 Å². The van der Waals surface area contributed by atoms with Crippen molar-refractivity contribution < 1.29 is 19.7 Å². The lowest BCUT2D eigenvalue weighted by molar-refractivity contribution is -0.0163. The second-order valence-corrected chi connectivity index (χ2v) is 9.64. The van der Waals surface area contributed by atoms with Crippen LogP contribution in [0.4, 0.5) is 0 Å². The fourth-order valence-electron chi connectivity index (χ4n) is 3.88. The predicted octanol–water partition coefficient (Wildman–Crippen LogP) is 2.87. The second-order valence-electron chi connectivity index (χ2n) is 8.70. The zero-order chi connectivity index (χ0) is 23.1. The molecular weight excluding hydrogens is 426 g/mol. The Balaban J connectivity index is 1.72. The van der Waals surface area contributed by atoms with Crippen molar-refractivity contribution >= 4 is 17.2 Å². The van der Waals surface area contributed by atoms with Gasteiger partial charge in [0.15, 0.2) is 0 Å². The summed E-state index contributed by atoms with van der Waals surface area (Å²) in [6.45, 7) is 4.50. The van der Waals surface area contributed by atoms with Crippen molar-refractivity contribution in [2.45, 2.75) is 57.8 Å². The van der Waals surface area contributed by atoms with Crippen molar-refractivity contribution in [1.82, 2.24) is 14.8 Å². The molecule has 3 rings (SSSR count). The summed E-state index contributed by atoms with van der Waals surface area (Å²) in [5.74, 6) is 0.627. The molecule has 8 heteroatoms. The number of hydrogen-bond donors (Lipinski definition) is 2. The summed E-state index contributed by atoms with van der Waals surface area (Å²) in [5, 5.41) is 20.9. The number of amides is 1. The van der Waals surface area contributed by atoms with E-state index in [1.54, 1.807) is 42.5 Å². The summed E-state index contributed by atoms with van der Waals surface area (Å²) >= 11 is 1.66.